The van der Waals surface area contributed by atoms with Crippen LogP contribution in [0, 0.1) is 0 Å². The van der Waals surface area contributed by atoms with Crippen LogP contribution in [-0.4, -0.2) is 62.3 Å². The van der Waals surface area contributed by atoms with Gasteiger partial charge in [-0.15, -0.1) is 0 Å². The second-order valence-corrected chi connectivity index (χ2v) is 12.1. The van der Waals surface area contributed by atoms with E-state index >= 15 is 0 Å². The maximum Gasteiger partial charge on any atom is 0.410 e. The molecule has 9 heteroatoms. The van der Waals surface area contributed by atoms with Crippen LogP contribution in [0.1, 0.15) is 37.6 Å². The number of carbonyl (C=O) groups is 2. The molecule has 7 rings (SSSR count). The zero-order valence-corrected chi connectivity index (χ0v) is 23.8. The average Bonchev–Trinajstić information content (AvgIpc) is 3.70. The van der Waals surface area contributed by atoms with Gasteiger partial charge in [-0.3, -0.25) is 4.79 Å². The molecule has 212 valence electrons. The van der Waals surface area contributed by atoms with Crippen LogP contribution < -0.4 is 10.6 Å². The first kappa shape index (κ1) is 26.0. The first-order chi connectivity index (χ1) is 20.2. The van der Waals surface area contributed by atoms with Gasteiger partial charge in [-0.25, -0.2) is 14.3 Å². The molecule has 2 amide bonds. The summed E-state index contributed by atoms with van der Waals surface area (Å²) in [7, 11) is 0. The number of carbonyl (C=O) groups excluding carboxylic acids is 2. The van der Waals surface area contributed by atoms with Crippen molar-refractivity contribution >= 4 is 34.1 Å². The molecule has 2 fully saturated rings. The van der Waals surface area contributed by atoms with Gasteiger partial charge in [-0.05, 0) is 67.3 Å². The van der Waals surface area contributed by atoms with Crippen molar-refractivity contribution < 1.29 is 14.3 Å². The molecule has 2 N–H and O–H groups in total. The van der Waals surface area contributed by atoms with Gasteiger partial charge in [0.05, 0.1) is 12.2 Å². The number of hydrogen-bond acceptors (Lipinski definition) is 6. The van der Waals surface area contributed by atoms with Gasteiger partial charge < -0.3 is 20.3 Å². The Morgan fingerprint density at radius 3 is 2.36 bits per heavy atom. The quantitative estimate of drug-likeness (QED) is 0.311. The summed E-state index contributed by atoms with van der Waals surface area (Å²) in [5.74, 6) is -0.452. The van der Waals surface area contributed by atoms with Crippen LogP contribution in [0.25, 0.3) is 38.7 Å². The Morgan fingerprint density at radius 1 is 0.881 bits per heavy atom. The summed E-state index contributed by atoms with van der Waals surface area (Å²) in [5.41, 5.74) is 11.3. The van der Waals surface area contributed by atoms with Gasteiger partial charge in [0.2, 0.25) is 5.91 Å². The summed E-state index contributed by atoms with van der Waals surface area (Å²) in [6.45, 7) is 7.20. The Bertz CT molecular complexity index is 1860. The largest absolute Gasteiger partial charge is 0.444 e. The minimum absolute atomic E-state index is 0.175. The van der Waals surface area contributed by atoms with Gasteiger partial charge in [0, 0.05) is 53.9 Å². The number of nitrogens with zero attached hydrogens (tertiary/aromatic N) is 5. The molecule has 0 unspecified atom stereocenters. The molecule has 42 heavy (non-hydrogen) atoms. The molecule has 2 saturated heterocycles. The molecule has 4 heterocycles. The first-order valence-corrected chi connectivity index (χ1v) is 14.2. The highest BCUT2D eigenvalue weighted by Crippen LogP contribution is 2.37. The monoisotopic (exact) mass is 560 g/mol. The highest BCUT2D eigenvalue weighted by molar-refractivity contribution is 6.10. The minimum atomic E-state index is -0.490. The molecule has 2 aliphatic heterocycles. The SMILES string of the molecule is CC(C)(C)OC(=O)N1C[C@@H]2C[C@H]1CN2c1ccc(-c2cnc3c(-c4cccc5c(C(N)=O)cccc45)cnn3c2)cc1. The number of anilines is 1. The minimum Gasteiger partial charge on any atom is -0.444 e. The van der Waals surface area contributed by atoms with Crippen molar-refractivity contribution in [3.05, 3.63) is 84.8 Å². The fourth-order valence-corrected chi connectivity index (χ4v) is 6.35. The van der Waals surface area contributed by atoms with E-state index in [1.807, 2.05) is 74.6 Å². The number of nitrogens with two attached hydrogens (primary N) is 1. The maximum atomic E-state index is 12.6. The summed E-state index contributed by atoms with van der Waals surface area (Å²) in [4.78, 5) is 33.7. The second kappa shape index (κ2) is 9.58. The predicted octanol–water partition coefficient (Wildman–Crippen LogP) is 5.51. The molecule has 0 radical (unpaired) electrons. The molecule has 3 aromatic carbocycles. The van der Waals surface area contributed by atoms with Crippen LogP contribution in [0.5, 0.6) is 0 Å². The Hall–Kier alpha value is -4.92. The number of likely N-dealkylation sites (tertiary alicyclic amines) is 1. The average molecular weight is 561 g/mol. The standard InChI is InChI=1S/C33H32N6O3/c1-33(2,3)42-32(41)38-19-23-14-24(38)18-37(23)22-12-10-20(11-13-22)21-15-35-31-29(16-36-39(31)17-21)27-8-4-7-26-25(27)6-5-9-28(26)30(34)40/h4-13,15-17,23-24H,14,18-19H2,1-3H3,(H2,34,40)/t23-,24-/m0/s1. The van der Waals surface area contributed by atoms with Gasteiger partial charge in [-0.2, -0.15) is 5.10 Å². The van der Waals surface area contributed by atoms with Crippen LogP contribution >= 0.6 is 0 Å². The summed E-state index contributed by atoms with van der Waals surface area (Å²) in [6.07, 6.45) is 6.40. The number of hydrogen-bond donors (Lipinski definition) is 1. The smallest absolute Gasteiger partial charge is 0.410 e. The lowest BCUT2D eigenvalue weighted by Gasteiger charge is -2.36. The van der Waals surface area contributed by atoms with Crippen LogP contribution in [0.15, 0.2) is 79.3 Å². The topological polar surface area (TPSA) is 106 Å². The lowest BCUT2D eigenvalue weighted by atomic mass is 9.96. The van der Waals surface area contributed by atoms with E-state index < -0.39 is 11.5 Å². The van der Waals surface area contributed by atoms with Crippen LogP contribution in [-0.2, 0) is 4.74 Å². The molecule has 0 aliphatic carbocycles. The lowest BCUT2D eigenvalue weighted by molar-refractivity contribution is 0.0214. The zero-order valence-electron chi connectivity index (χ0n) is 23.8. The first-order valence-electron chi connectivity index (χ1n) is 14.2. The fourth-order valence-electron chi connectivity index (χ4n) is 6.35. The molecule has 2 atom stereocenters. The van der Waals surface area contributed by atoms with Crippen molar-refractivity contribution in [1.82, 2.24) is 19.5 Å². The number of rotatable bonds is 4. The number of benzene rings is 3. The molecule has 0 saturated carbocycles. The number of primary amides is 1. The molecule has 2 bridgehead atoms. The third-order valence-electron chi connectivity index (χ3n) is 8.24. The molecular weight excluding hydrogens is 528 g/mol. The summed E-state index contributed by atoms with van der Waals surface area (Å²) in [6, 6.07) is 20.4. The number of amides is 2. The van der Waals surface area contributed by atoms with E-state index in [1.54, 1.807) is 10.6 Å². The van der Waals surface area contributed by atoms with Crippen molar-refractivity contribution in [2.24, 2.45) is 5.73 Å². The van der Waals surface area contributed by atoms with Crippen molar-refractivity contribution in [2.75, 3.05) is 18.0 Å². The lowest BCUT2D eigenvalue weighted by Crippen LogP contribution is -2.50. The normalized spacial score (nSPS) is 18.3. The van der Waals surface area contributed by atoms with Gasteiger partial charge in [-0.1, -0.05) is 42.5 Å². The molecule has 5 aromatic rings. The molecule has 2 aromatic heterocycles. The molecule has 9 nitrogen and oxygen atoms in total. The highest BCUT2D eigenvalue weighted by atomic mass is 16.6. The van der Waals surface area contributed by atoms with E-state index in [9.17, 15) is 9.59 Å². The molecule has 2 aliphatic rings. The third kappa shape index (κ3) is 4.41. The van der Waals surface area contributed by atoms with E-state index in [1.165, 1.54) is 0 Å². The van der Waals surface area contributed by atoms with E-state index in [4.69, 9.17) is 15.5 Å². The number of ether oxygens (including phenoxy) is 1. The fraction of sp³-hybridized carbons (Fsp3) is 0.273. The summed E-state index contributed by atoms with van der Waals surface area (Å²) >= 11 is 0. The van der Waals surface area contributed by atoms with Crippen molar-refractivity contribution in [3.63, 3.8) is 0 Å². The summed E-state index contributed by atoms with van der Waals surface area (Å²) in [5, 5.41) is 6.34. The molecular formula is C33H32N6O3. The second-order valence-electron chi connectivity index (χ2n) is 12.1. The van der Waals surface area contributed by atoms with Crippen LogP contribution in [0.3, 0.4) is 0 Å². The maximum absolute atomic E-state index is 12.6. The number of aromatic nitrogens is 3. The number of piperazine rings is 1. The van der Waals surface area contributed by atoms with Gasteiger partial charge in [0.1, 0.15) is 5.60 Å². The van der Waals surface area contributed by atoms with E-state index in [0.717, 1.165) is 57.3 Å². The zero-order chi connectivity index (χ0) is 29.2. The van der Waals surface area contributed by atoms with E-state index in [2.05, 4.69) is 34.3 Å². The highest BCUT2D eigenvalue weighted by Gasteiger charge is 2.46. The van der Waals surface area contributed by atoms with E-state index in [-0.39, 0.29) is 12.1 Å². The molecule has 0 spiro atoms. The van der Waals surface area contributed by atoms with Gasteiger partial charge >= 0.3 is 6.09 Å². The summed E-state index contributed by atoms with van der Waals surface area (Å²) < 4.78 is 7.40. The van der Waals surface area contributed by atoms with Crippen molar-refractivity contribution in [2.45, 2.75) is 44.9 Å². The van der Waals surface area contributed by atoms with Crippen LogP contribution in [0.2, 0.25) is 0 Å². The number of fused-ring (bicyclic) bond motifs is 4. The Balaban J connectivity index is 1.12. The Labute approximate surface area is 243 Å². The van der Waals surface area contributed by atoms with Crippen LogP contribution in [0.4, 0.5) is 10.5 Å². The Kier molecular flexibility index (Phi) is 5.93. The van der Waals surface area contributed by atoms with Crippen molar-refractivity contribution in [3.8, 4) is 22.3 Å². The predicted molar refractivity (Wildman–Crippen MR) is 162 cm³/mol. The van der Waals surface area contributed by atoms with Gasteiger partial charge in [0.25, 0.3) is 0 Å². The van der Waals surface area contributed by atoms with Gasteiger partial charge in [0.15, 0.2) is 5.65 Å². The third-order valence-corrected chi connectivity index (χ3v) is 8.24. The van der Waals surface area contributed by atoms with Crippen molar-refractivity contribution in [1.29, 1.82) is 0 Å². The van der Waals surface area contributed by atoms with E-state index in [0.29, 0.717) is 18.2 Å². The Morgan fingerprint density at radius 2 is 1.64 bits per heavy atom.